The first kappa shape index (κ1) is 30.4. The summed E-state index contributed by atoms with van der Waals surface area (Å²) in [5.74, 6) is -1.75. The molecule has 0 amide bonds. The number of hydrogen-bond donors (Lipinski definition) is 1. The smallest absolute Gasteiger partial charge is 0.416 e. The molecule has 1 aliphatic heterocycles. The maximum absolute atomic E-state index is 15.7. The number of carbonyl (C=O) groups is 1. The highest BCUT2D eigenvalue weighted by Gasteiger charge is 2.32. The Morgan fingerprint density at radius 3 is 2.44 bits per heavy atom. The van der Waals surface area contributed by atoms with Crippen molar-refractivity contribution in [1.29, 1.82) is 0 Å². The van der Waals surface area contributed by atoms with E-state index in [9.17, 15) is 22.4 Å². The van der Waals surface area contributed by atoms with E-state index in [1.807, 2.05) is 0 Å². The summed E-state index contributed by atoms with van der Waals surface area (Å²) in [6.07, 6.45) is -4.46. The molecule has 0 unspecified atom stereocenters. The molecule has 0 spiro atoms. The SMILES string of the molecule is CCOC(=O)CCN1CCN(c2nc(C)nc(Nc3nc(-c4cc(F)cc(C(F)(F)F)c4)c(N(C)C)s3)c2F)CC1. The summed E-state index contributed by atoms with van der Waals surface area (Å²) in [6, 6.07) is 2.22. The Kier molecular flexibility index (Phi) is 9.27. The van der Waals surface area contributed by atoms with E-state index >= 15 is 4.39 Å². The predicted octanol–water partition coefficient (Wildman–Crippen LogP) is 5.09. The summed E-state index contributed by atoms with van der Waals surface area (Å²) in [6.45, 7) is 6.39. The van der Waals surface area contributed by atoms with Crippen LogP contribution in [0.2, 0.25) is 0 Å². The van der Waals surface area contributed by atoms with Gasteiger partial charge in [0.05, 0.1) is 18.6 Å². The van der Waals surface area contributed by atoms with Gasteiger partial charge in [-0.05, 0) is 32.0 Å². The minimum atomic E-state index is -4.74. The van der Waals surface area contributed by atoms with E-state index in [1.165, 1.54) is 0 Å². The zero-order valence-corrected chi connectivity index (χ0v) is 23.8. The molecule has 41 heavy (non-hydrogen) atoms. The molecule has 0 atom stereocenters. The highest BCUT2D eigenvalue weighted by atomic mass is 32.1. The maximum atomic E-state index is 15.7. The molecule has 15 heteroatoms. The van der Waals surface area contributed by atoms with E-state index in [-0.39, 0.29) is 40.4 Å². The van der Waals surface area contributed by atoms with Gasteiger partial charge in [-0.2, -0.15) is 17.6 Å². The number of hydrogen-bond acceptors (Lipinski definition) is 10. The Bertz CT molecular complexity index is 1390. The normalized spacial score (nSPS) is 14.3. The molecule has 4 rings (SSSR count). The molecular weight excluding hydrogens is 569 g/mol. The second-order valence-corrected chi connectivity index (χ2v) is 10.5. The molecule has 0 saturated carbocycles. The van der Waals surface area contributed by atoms with Gasteiger partial charge in [0.25, 0.3) is 0 Å². The second-order valence-electron chi connectivity index (χ2n) is 9.56. The fourth-order valence-electron chi connectivity index (χ4n) is 4.35. The minimum absolute atomic E-state index is 0.0637. The van der Waals surface area contributed by atoms with Crippen LogP contribution in [0.5, 0.6) is 0 Å². The van der Waals surface area contributed by atoms with Crippen LogP contribution in [0.15, 0.2) is 18.2 Å². The molecule has 0 aliphatic carbocycles. The van der Waals surface area contributed by atoms with Crippen LogP contribution >= 0.6 is 11.3 Å². The van der Waals surface area contributed by atoms with E-state index < -0.39 is 23.4 Å². The third-order valence-corrected chi connectivity index (χ3v) is 7.43. The van der Waals surface area contributed by atoms with Crippen LogP contribution in [-0.4, -0.2) is 79.2 Å². The first-order valence-electron chi connectivity index (χ1n) is 12.9. The van der Waals surface area contributed by atoms with E-state index in [0.29, 0.717) is 56.2 Å². The van der Waals surface area contributed by atoms with Gasteiger partial charge in [-0.15, -0.1) is 0 Å². The lowest BCUT2D eigenvalue weighted by Crippen LogP contribution is -2.47. The molecule has 1 aromatic carbocycles. The Hall–Kier alpha value is -3.59. The number of nitrogens with zero attached hydrogens (tertiary/aromatic N) is 6. The monoisotopic (exact) mass is 599 g/mol. The minimum Gasteiger partial charge on any atom is -0.466 e. The van der Waals surface area contributed by atoms with Gasteiger partial charge in [0, 0.05) is 52.4 Å². The lowest BCUT2D eigenvalue weighted by atomic mass is 10.1. The number of esters is 1. The van der Waals surface area contributed by atoms with E-state index in [1.54, 1.807) is 37.7 Å². The maximum Gasteiger partial charge on any atom is 0.416 e. The number of aryl methyl sites for hydroxylation is 1. The molecule has 9 nitrogen and oxygen atoms in total. The van der Waals surface area contributed by atoms with Gasteiger partial charge in [0.15, 0.2) is 16.8 Å². The number of thiazole rings is 1. The summed E-state index contributed by atoms with van der Waals surface area (Å²) in [4.78, 5) is 30.0. The van der Waals surface area contributed by atoms with Gasteiger partial charge in [-0.25, -0.2) is 19.3 Å². The number of carbonyl (C=O) groups excluding carboxylic acids is 1. The highest BCUT2D eigenvalue weighted by Crippen LogP contribution is 2.41. The van der Waals surface area contributed by atoms with Gasteiger partial charge >= 0.3 is 12.1 Å². The fourth-order valence-corrected chi connectivity index (χ4v) is 5.26. The molecule has 1 aliphatic rings. The van der Waals surface area contributed by atoms with Crippen molar-refractivity contribution in [1.82, 2.24) is 19.9 Å². The van der Waals surface area contributed by atoms with Gasteiger partial charge < -0.3 is 19.9 Å². The van der Waals surface area contributed by atoms with Crippen molar-refractivity contribution < 1.29 is 31.5 Å². The van der Waals surface area contributed by atoms with Crippen LogP contribution in [0.25, 0.3) is 11.3 Å². The molecule has 3 heterocycles. The number of anilines is 4. The van der Waals surface area contributed by atoms with Gasteiger partial charge in [0.1, 0.15) is 22.3 Å². The van der Waals surface area contributed by atoms with Gasteiger partial charge in [-0.3, -0.25) is 9.69 Å². The van der Waals surface area contributed by atoms with Crippen molar-refractivity contribution in [2.75, 3.05) is 68.5 Å². The number of ether oxygens (including phenoxy) is 1. The number of halogens is 5. The molecule has 1 saturated heterocycles. The zero-order chi connectivity index (χ0) is 29.9. The number of piperazine rings is 1. The number of alkyl halides is 3. The largest absolute Gasteiger partial charge is 0.466 e. The molecule has 2 aromatic heterocycles. The molecule has 3 aromatic rings. The Morgan fingerprint density at radius 2 is 1.80 bits per heavy atom. The third kappa shape index (κ3) is 7.38. The van der Waals surface area contributed by atoms with Crippen LogP contribution in [0, 0.1) is 18.6 Å². The summed E-state index contributed by atoms with van der Waals surface area (Å²) >= 11 is 1.06. The quantitative estimate of drug-likeness (QED) is 0.267. The molecule has 0 radical (unpaired) electrons. The van der Waals surface area contributed by atoms with E-state index in [2.05, 4.69) is 25.2 Å². The number of rotatable bonds is 9. The van der Waals surface area contributed by atoms with Crippen molar-refractivity contribution in [3.05, 3.63) is 41.2 Å². The second kappa shape index (κ2) is 12.5. The van der Waals surface area contributed by atoms with Crippen LogP contribution in [0.3, 0.4) is 0 Å². The standard InChI is InChI=1S/C26H30F5N7O2S/c1-5-40-19(39)6-7-37-8-10-38(11-9-37)23-20(28)22(32-15(2)33-23)35-25-34-21(24(41-25)36(3)4)16-12-17(26(29,30)31)14-18(27)13-16/h12-14H,5-11H2,1-4H3,(H,32,33,34,35). The molecular formula is C26H30F5N7O2S. The fraction of sp³-hybridized carbons (Fsp3) is 0.462. The third-order valence-electron chi connectivity index (χ3n) is 6.29. The van der Waals surface area contributed by atoms with E-state index in [0.717, 1.165) is 23.5 Å². The van der Waals surface area contributed by atoms with Crippen LogP contribution in [0.4, 0.5) is 43.7 Å². The van der Waals surface area contributed by atoms with Crippen LogP contribution in [0.1, 0.15) is 24.7 Å². The van der Waals surface area contributed by atoms with Crippen molar-refractivity contribution >= 4 is 39.1 Å². The van der Waals surface area contributed by atoms with Crippen molar-refractivity contribution in [2.45, 2.75) is 26.4 Å². The predicted molar refractivity (Wildman–Crippen MR) is 147 cm³/mol. The summed E-state index contributed by atoms with van der Waals surface area (Å²) in [5, 5.41) is 3.44. The van der Waals surface area contributed by atoms with Crippen LogP contribution in [-0.2, 0) is 15.7 Å². The molecule has 1 N–H and O–H groups in total. The Labute approximate surface area is 238 Å². The van der Waals surface area contributed by atoms with Crippen molar-refractivity contribution in [2.24, 2.45) is 0 Å². The first-order valence-corrected chi connectivity index (χ1v) is 13.7. The summed E-state index contributed by atoms with van der Waals surface area (Å²) in [7, 11) is 3.34. The van der Waals surface area contributed by atoms with Gasteiger partial charge in [-0.1, -0.05) is 11.3 Å². The number of aromatic nitrogens is 3. The number of benzene rings is 1. The lowest BCUT2D eigenvalue weighted by molar-refractivity contribution is -0.143. The Morgan fingerprint density at radius 1 is 1.10 bits per heavy atom. The number of nitrogens with one attached hydrogen (secondary N) is 1. The molecule has 0 bridgehead atoms. The average Bonchev–Trinajstić information content (AvgIpc) is 3.33. The zero-order valence-electron chi connectivity index (χ0n) is 23.0. The first-order chi connectivity index (χ1) is 19.3. The van der Waals surface area contributed by atoms with Crippen molar-refractivity contribution in [3.63, 3.8) is 0 Å². The van der Waals surface area contributed by atoms with E-state index in [4.69, 9.17) is 4.74 Å². The molecule has 1 fully saturated rings. The van der Waals surface area contributed by atoms with Crippen LogP contribution < -0.4 is 15.1 Å². The summed E-state index contributed by atoms with van der Waals surface area (Å²) < 4.78 is 74.7. The van der Waals surface area contributed by atoms with Gasteiger partial charge in [0.2, 0.25) is 5.82 Å². The highest BCUT2D eigenvalue weighted by molar-refractivity contribution is 7.20. The molecule has 222 valence electrons. The topological polar surface area (TPSA) is 86.7 Å². The average molecular weight is 600 g/mol. The lowest BCUT2D eigenvalue weighted by Gasteiger charge is -2.35. The Balaban J connectivity index is 1.55. The van der Waals surface area contributed by atoms with Crippen molar-refractivity contribution in [3.8, 4) is 11.3 Å². The summed E-state index contributed by atoms with van der Waals surface area (Å²) in [5.41, 5.74) is -1.09.